The van der Waals surface area contributed by atoms with Crippen LogP contribution in [0.2, 0.25) is 0 Å². The summed E-state index contributed by atoms with van der Waals surface area (Å²) in [4.78, 5) is 0. The molecule has 0 saturated carbocycles. The molecule has 0 aliphatic carbocycles. The summed E-state index contributed by atoms with van der Waals surface area (Å²) in [6, 6.07) is 0. The number of rotatable bonds is 0. The Kier molecular flexibility index (Phi) is 152. The van der Waals surface area contributed by atoms with Gasteiger partial charge in [-0.25, -0.2) is 0 Å². The Morgan fingerprint density at radius 3 is 1.40 bits per heavy atom. The minimum Gasteiger partial charge on any atom is -0.397 e. The first-order valence-corrected chi connectivity index (χ1v) is 1.02. The van der Waals surface area contributed by atoms with Gasteiger partial charge in [0.15, 0.2) is 0 Å². The van der Waals surface area contributed by atoms with Crippen LogP contribution in [0.5, 0.6) is 0 Å². The fourth-order valence-electron chi connectivity index (χ4n) is 0. The number of hydrogen-bond donors (Lipinski definition) is 1. The lowest BCUT2D eigenvalue weighted by Crippen LogP contribution is -1.57. The van der Waals surface area contributed by atoms with Crippen LogP contribution in [0.3, 0.4) is 0 Å². The molecule has 0 heterocycles. The van der Waals surface area contributed by atoms with E-state index in [0.717, 1.165) is 0 Å². The average Bonchev–Trinajstić information content (AvgIpc) is 0.918. The largest absolute Gasteiger partial charge is 0.397 e. The van der Waals surface area contributed by atoms with Crippen molar-refractivity contribution in [3.63, 3.8) is 0 Å². The van der Waals surface area contributed by atoms with Crippen LogP contribution in [0, 0.1) is 0 Å². The highest BCUT2D eigenvalue weighted by atomic mass is 16.2. The Morgan fingerprint density at radius 1 is 1.40 bits per heavy atom. The molecule has 0 fully saturated rings. The van der Waals surface area contributed by atoms with Gasteiger partial charge in [0, 0.05) is 6.61 Å². The first-order valence-electron chi connectivity index (χ1n) is 1.02. The molecular weight excluding hydrogens is 64.0 g/mol. The second-order valence-electron chi connectivity index (χ2n) is 0.316. The molecule has 0 aliphatic rings. The smallest absolute Gasteiger partial charge is 0.0402 e. The highest BCUT2D eigenvalue weighted by Crippen LogP contribution is 1.30. The van der Waals surface area contributed by atoms with Gasteiger partial charge in [-0.15, -0.1) is 0 Å². The van der Waals surface area contributed by atoms with Crippen LogP contribution in [0.25, 0.3) is 0 Å². The fourth-order valence-corrected chi connectivity index (χ4v) is 0. The highest BCUT2D eigenvalue weighted by Gasteiger charge is 1.34. The van der Waals surface area contributed by atoms with Gasteiger partial charge in [0.05, 0.1) is 0 Å². The third-order valence-electron chi connectivity index (χ3n) is 0. The number of hydrogen-bond acceptors (Lipinski definition) is 1. The van der Waals surface area contributed by atoms with E-state index < -0.39 is 0 Å². The monoisotopic (exact) mass is 78.1 g/mol. The van der Waals surface area contributed by atoms with Crippen molar-refractivity contribution < 1.29 is 5.11 Å². The van der Waals surface area contributed by atoms with E-state index in [1.165, 1.54) is 0 Å². The van der Waals surface area contributed by atoms with Crippen LogP contribution in [0.4, 0.5) is 0 Å². The lowest BCUT2D eigenvalue weighted by atomic mass is 10.9. The molecule has 1 nitrogen and oxygen atoms in total. The van der Waals surface area contributed by atoms with Gasteiger partial charge < -0.3 is 5.11 Å². The van der Waals surface area contributed by atoms with Crippen molar-refractivity contribution in [1.82, 2.24) is 0 Å². The lowest BCUT2D eigenvalue weighted by Gasteiger charge is -1.52. The van der Waals surface area contributed by atoms with Crippen LogP contribution in [0.15, 0.2) is 0 Å². The Hall–Kier alpha value is -0.0400. The van der Waals surface area contributed by atoms with E-state index in [0.29, 0.717) is 0 Å². The topological polar surface area (TPSA) is 20.2 Å². The van der Waals surface area contributed by atoms with Gasteiger partial charge in [-0.3, -0.25) is 0 Å². The van der Waals surface area contributed by atoms with Crippen molar-refractivity contribution in [1.29, 1.82) is 0 Å². The van der Waals surface area contributed by atoms with Crippen molar-refractivity contribution >= 4 is 0 Å². The third kappa shape index (κ3) is 9510. The molecule has 0 atom stereocenters. The average molecular weight is 78.2 g/mol. The summed E-state index contributed by atoms with van der Waals surface area (Å²) in [6.45, 7) is 1.93. The van der Waals surface area contributed by atoms with E-state index in [2.05, 4.69) is 0 Å². The second-order valence-corrected chi connectivity index (χ2v) is 0.316. The van der Waals surface area contributed by atoms with E-state index in [-0.39, 0.29) is 21.5 Å². The van der Waals surface area contributed by atoms with Gasteiger partial charge in [-0.05, 0) is 6.92 Å². The molecule has 0 aliphatic heterocycles. The standard InChI is InChI=1S/C2H6O.2CH4/c1-2-3;;/h3H,2H2,1H3;2*1H4. The fraction of sp³-hybridized carbons (Fsp3) is 1.00. The summed E-state index contributed by atoms with van der Waals surface area (Å²) in [6.07, 6.45) is 0. The van der Waals surface area contributed by atoms with Crippen molar-refractivity contribution in [3.8, 4) is 0 Å². The summed E-state index contributed by atoms with van der Waals surface area (Å²) in [7, 11) is 0. The number of aliphatic hydroxyl groups is 1. The highest BCUT2D eigenvalue weighted by molar-refractivity contribution is 3.84. The van der Waals surface area contributed by atoms with Gasteiger partial charge in [0.2, 0.25) is 0 Å². The molecule has 0 aromatic heterocycles. The Bertz CT molecular complexity index is 3.61. The molecule has 1 N–H and O–H groups in total. The zero-order valence-electron chi connectivity index (χ0n) is 2.15. The molecule has 0 amide bonds. The number of aliphatic hydroxyl groups excluding tert-OH is 1. The molecule has 0 aromatic carbocycles. The zero-order valence-corrected chi connectivity index (χ0v) is 2.15. The molecule has 0 bridgehead atoms. The van der Waals surface area contributed by atoms with Crippen molar-refractivity contribution in [3.05, 3.63) is 0 Å². The maximum atomic E-state index is 7.57. The molecule has 36 valence electrons. The van der Waals surface area contributed by atoms with Crippen molar-refractivity contribution in [2.75, 3.05) is 6.61 Å². The maximum absolute atomic E-state index is 7.57. The molecule has 0 aromatic rings. The van der Waals surface area contributed by atoms with Crippen molar-refractivity contribution in [2.45, 2.75) is 21.8 Å². The predicted octanol–water partition coefficient (Wildman–Crippen LogP) is 1.27. The predicted molar refractivity (Wildman–Crippen MR) is 26.2 cm³/mol. The minimum absolute atomic E-state index is 0. The molecule has 0 rings (SSSR count). The van der Waals surface area contributed by atoms with E-state index in [9.17, 15) is 0 Å². The summed E-state index contributed by atoms with van der Waals surface area (Å²) >= 11 is 0. The Labute approximate surface area is 34.6 Å². The SMILES string of the molecule is C.C.CCO. The van der Waals surface area contributed by atoms with Crippen LogP contribution >= 0.6 is 0 Å². The molecule has 1 heteroatoms. The molecular formula is C4H14O. The molecule has 0 unspecified atom stereocenters. The van der Waals surface area contributed by atoms with Crippen LogP contribution < -0.4 is 0 Å². The Balaban J connectivity index is -0.0000000200. The quantitative estimate of drug-likeness (QED) is 0.462. The van der Waals surface area contributed by atoms with Crippen LogP contribution in [0.1, 0.15) is 21.8 Å². The van der Waals surface area contributed by atoms with Gasteiger partial charge in [-0.2, -0.15) is 0 Å². The summed E-state index contributed by atoms with van der Waals surface area (Å²) in [5.74, 6) is 0. The molecule has 0 radical (unpaired) electrons. The lowest BCUT2D eigenvalue weighted by molar-refractivity contribution is 0.318. The van der Waals surface area contributed by atoms with Gasteiger partial charge >= 0.3 is 0 Å². The maximum Gasteiger partial charge on any atom is 0.0402 e. The van der Waals surface area contributed by atoms with E-state index >= 15 is 0 Å². The van der Waals surface area contributed by atoms with Gasteiger partial charge in [0.1, 0.15) is 0 Å². The van der Waals surface area contributed by atoms with Crippen molar-refractivity contribution in [2.24, 2.45) is 0 Å². The van der Waals surface area contributed by atoms with Gasteiger partial charge in [0.25, 0.3) is 0 Å². The van der Waals surface area contributed by atoms with E-state index in [1.54, 1.807) is 6.92 Å². The second kappa shape index (κ2) is 37.6. The normalized spacial score (nSPS) is 3.60. The molecule has 0 saturated heterocycles. The van der Waals surface area contributed by atoms with Crippen LogP contribution in [-0.2, 0) is 0 Å². The summed E-state index contributed by atoms with van der Waals surface area (Å²) in [5.41, 5.74) is 0. The minimum atomic E-state index is 0. The Morgan fingerprint density at radius 2 is 1.40 bits per heavy atom. The van der Waals surface area contributed by atoms with E-state index in [1.807, 2.05) is 0 Å². The first kappa shape index (κ1) is 20.2. The summed E-state index contributed by atoms with van der Waals surface area (Å²) in [5, 5.41) is 7.57. The zero-order chi connectivity index (χ0) is 2.71. The van der Waals surface area contributed by atoms with E-state index in [4.69, 9.17) is 5.11 Å². The third-order valence-corrected chi connectivity index (χ3v) is 0. The molecule has 0 spiro atoms. The molecule has 5 heavy (non-hydrogen) atoms. The first-order chi connectivity index (χ1) is 1.41. The summed E-state index contributed by atoms with van der Waals surface area (Å²) < 4.78 is 0. The van der Waals surface area contributed by atoms with Crippen LogP contribution in [-0.4, -0.2) is 11.7 Å². The van der Waals surface area contributed by atoms with Gasteiger partial charge in [-0.1, -0.05) is 14.9 Å².